The number of esters is 1. The van der Waals surface area contributed by atoms with E-state index in [0.717, 1.165) is 41.8 Å². The molecule has 3 rings (SSSR count). The summed E-state index contributed by atoms with van der Waals surface area (Å²) in [6, 6.07) is 7.61. The van der Waals surface area contributed by atoms with Crippen LogP contribution in [0, 0.1) is 0 Å². The van der Waals surface area contributed by atoms with Crippen molar-refractivity contribution in [1.29, 1.82) is 0 Å². The van der Waals surface area contributed by atoms with Crippen LogP contribution in [0.3, 0.4) is 0 Å². The third kappa shape index (κ3) is 4.14. The van der Waals surface area contributed by atoms with Gasteiger partial charge in [-0.25, -0.2) is 4.79 Å². The fourth-order valence-electron chi connectivity index (χ4n) is 2.94. The van der Waals surface area contributed by atoms with E-state index in [-0.39, 0.29) is 5.97 Å². The number of nitrogens with one attached hydrogen (secondary N) is 2. The van der Waals surface area contributed by atoms with Crippen LogP contribution in [0.25, 0.3) is 0 Å². The van der Waals surface area contributed by atoms with Gasteiger partial charge >= 0.3 is 5.97 Å². The summed E-state index contributed by atoms with van der Waals surface area (Å²) in [5, 5.41) is 8.23. The second-order valence-electron chi connectivity index (χ2n) is 5.81. The van der Waals surface area contributed by atoms with Gasteiger partial charge in [0.2, 0.25) is 0 Å². The number of benzene rings is 1. The Balaban J connectivity index is 1.73. The first-order valence-electron chi connectivity index (χ1n) is 8.11. The van der Waals surface area contributed by atoms with Crippen molar-refractivity contribution in [2.75, 3.05) is 12.4 Å². The van der Waals surface area contributed by atoms with Gasteiger partial charge in [-0.1, -0.05) is 29.8 Å². The molecule has 0 radical (unpaired) electrons. The van der Waals surface area contributed by atoms with Crippen LogP contribution >= 0.6 is 35.2 Å². The Morgan fingerprint density at radius 2 is 2.08 bits per heavy atom. The molecule has 1 heterocycles. The van der Waals surface area contributed by atoms with Crippen LogP contribution in [0.2, 0.25) is 5.02 Å². The van der Waals surface area contributed by atoms with Gasteiger partial charge in [0.15, 0.2) is 5.11 Å². The van der Waals surface area contributed by atoms with Crippen molar-refractivity contribution in [2.24, 2.45) is 0 Å². The number of ether oxygens (including phenoxy) is 1. The Kier molecular flexibility index (Phi) is 5.93. The largest absolute Gasteiger partial charge is 0.465 e. The van der Waals surface area contributed by atoms with E-state index in [1.165, 1.54) is 12.0 Å². The summed E-state index contributed by atoms with van der Waals surface area (Å²) in [7, 11) is 1.41. The van der Waals surface area contributed by atoms with Crippen molar-refractivity contribution in [1.82, 2.24) is 5.32 Å². The van der Waals surface area contributed by atoms with Gasteiger partial charge in [0.1, 0.15) is 5.00 Å². The molecule has 0 fully saturated rings. The molecular weight excluding hydrogens is 376 g/mol. The molecule has 0 amide bonds. The second kappa shape index (κ2) is 8.17. The summed E-state index contributed by atoms with van der Waals surface area (Å²) in [5.41, 5.74) is 2.70. The predicted octanol–water partition coefficient (Wildman–Crippen LogP) is 4.55. The number of rotatable bonds is 4. The van der Waals surface area contributed by atoms with E-state index in [0.29, 0.717) is 22.2 Å². The first-order chi connectivity index (χ1) is 12.1. The minimum absolute atomic E-state index is 0.309. The van der Waals surface area contributed by atoms with Crippen LogP contribution in [0.4, 0.5) is 5.00 Å². The maximum Gasteiger partial charge on any atom is 0.341 e. The highest BCUT2D eigenvalue weighted by Gasteiger charge is 2.26. The molecular formula is C18H19ClN2O2S2. The molecule has 0 aliphatic heterocycles. The van der Waals surface area contributed by atoms with Crippen LogP contribution in [-0.2, 0) is 24.1 Å². The zero-order valence-corrected chi connectivity index (χ0v) is 16.2. The molecule has 2 aromatic rings. The van der Waals surface area contributed by atoms with Crippen LogP contribution in [0.15, 0.2) is 24.3 Å². The number of aryl methyl sites for hydroxylation is 1. The van der Waals surface area contributed by atoms with Crippen molar-refractivity contribution >= 4 is 51.2 Å². The predicted molar refractivity (Wildman–Crippen MR) is 107 cm³/mol. The Morgan fingerprint density at radius 3 is 2.84 bits per heavy atom. The summed E-state index contributed by atoms with van der Waals surface area (Å²) in [5.74, 6) is -0.309. The van der Waals surface area contributed by atoms with E-state index in [4.69, 9.17) is 28.6 Å². The molecule has 0 saturated heterocycles. The average molecular weight is 395 g/mol. The monoisotopic (exact) mass is 394 g/mol. The summed E-state index contributed by atoms with van der Waals surface area (Å²) in [6.45, 7) is 0.518. The Morgan fingerprint density at radius 1 is 1.32 bits per heavy atom. The van der Waals surface area contributed by atoms with E-state index in [2.05, 4.69) is 10.6 Å². The maximum absolute atomic E-state index is 12.2. The molecule has 0 atom stereocenters. The molecule has 25 heavy (non-hydrogen) atoms. The van der Waals surface area contributed by atoms with Crippen LogP contribution in [-0.4, -0.2) is 18.2 Å². The maximum atomic E-state index is 12.2. The summed E-state index contributed by atoms with van der Waals surface area (Å²) in [6.07, 6.45) is 4.17. The zero-order valence-electron chi connectivity index (χ0n) is 13.9. The third-order valence-corrected chi connectivity index (χ3v) is 6.01. The van der Waals surface area contributed by atoms with Crippen molar-refractivity contribution in [3.63, 3.8) is 0 Å². The van der Waals surface area contributed by atoms with Crippen molar-refractivity contribution in [3.05, 3.63) is 50.9 Å². The zero-order chi connectivity index (χ0) is 17.8. The first-order valence-corrected chi connectivity index (χ1v) is 9.71. The molecule has 0 unspecified atom stereocenters. The van der Waals surface area contributed by atoms with Gasteiger partial charge in [-0.2, -0.15) is 0 Å². The molecule has 1 aliphatic rings. The lowest BCUT2D eigenvalue weighted by atomic mass is 9.95. The number of fused-ring (bicyclic) bond motifs is 1. The lowest BCUT2D eigenvalue weighted by Gasteiger charge is -2.13. The minimum Gasteiger partial charge on any atom is -0.465 e. The number of thiocarbonyl (C=S) groups is 1. The summed E-state index contributed by atoms with van der Waals surface area (Å²) in [4.78, 5) is 13.5. The lowest BCUT2D eigenvalue weighted by Crippen LogP contribution is -2.28. The lowest BCUT2D eigenvalue weighted by molar-refractivity contribution is 0.0601. The van der Waals surface area contributed by atoms with Gasteiger partial charge in [-0.15, -0.1) is 11.3 Å². The van der Waals surface area contributed by atoms with E-state index < -0.39 is 0 Å². The fourth-order valence-corrected chi connectivity index (χ4v) is 4.66. The number of hydrogen-bond donors (Lipinski definition) is 2. The van der Waals surface area contributed by atoms with Gasteiger partial charge in [0, 0.05) is 16.4 Å². The van der Waals surface area contributed by atoms with Gasteiger partial charge in [-0.05, 0) is 55.1 Å². The van der Waals surface area contributed by atoms with Crippen LogP contribution < -0.4 is 10.6 Å². The number of hydrogen-bond acceptors (Lipinski definition) is 4. The number of halogens is 1. The summed E-state index contributed by atoms with van der Waals surface area (Å²) >= 11 is 13.1. The first kappa shape index (κ1) is 18.2. The topological polar surface area (TPSA) is 50.4 Å². The molecule has 7 heteroatoms. The third-order valence-electron chi connectivity index (χ3n) is 4.19. The summed E-state index contributed by atoms with van der Waals surface area (Å²) < 4.78 is 4.97. The Hall–Kier alpha value is -1.63. The molecule has 0 bridgehead atoms. The highest BCUT2D eigenvalue weighted by molar-refractivity contribution is 7.80. The number of carbonyl (C=O) groups is 1. The van der Waals surface area contributed by atoms with Crippen LogP contribution in [0.5, 0.6) is 0 Å². The second-order valence-corrected chi connectivity index (χ2v) is 7.73. The van der Waals surface area contributed by atoms with E-state index >= 15 is 0 Å². The number of methoxy groups -OCH3 is 1. The average Bonchev–Trinajstić information content (AvgIpc) is 2.98. The van der Waals surface area contributed by atoms with Gasteiger partial charge < -0.3 is 15.4 Å². The van der Waals surface area contributed by atoms with Crippen molar-refractivity contribution in [2.45, 2.75) is 32.2 Å². The highest BCUT2D eigenvalue weighted by Crippen LogP contribution is 2.38. The SMILES string of the molecule is COC(=O)c1c(NC(=S)NCc2ccccc2Cl)sc2c1CCCC2. The number of thiophene rings is 1. The van der Waals surface area contributed by atoms with Crippen molar-refractivity contribution in [3.8, 4) is 0 Å². The van der Waals surface area contributed by atoms with E-state index in [1.807, 2.05) is 24.3 Å². The van der Waals surface area contributed by atoms with Gasteiger partial charge in [0.25, 0.3) is 0 Å². The number of anilines is 1. The van der Waals surface area contributed by atoms with Crippen LogP contribution in [0.1, 0.15) is 39.2 Å². The Labute approximate surface area is 161 Å². The van der Waals surface area contributed by atoms with Gasteiger partial charge in [0.05, 0.1) is 12.7 Å². The van der Waals surface area contributed by atoms with Crippen molar-refractivity contribution < 1.29 is 9.53 Å². The molecule has 132 valence electrons. The molecule has 1 aromatic heterocycles. The molecule has 2 N–H and O–H groups in total. The molecule has 4 nitrogen and oxygen atoms in total. The number of carbonyl (C=O) groups excluding carboxylic acids is 1. The standard InChI is InChI=1S/C18H19ClN2O2S2/c1-23-17(22)15-12-7-3-5-9-14(12)25-16(15)21-18(24)20-10-11-6-2-4-8-13(11)19/h2,4,6,8H,3,5,7,9-10H2,1H3,(H2,20,21,24). The normalized spacial score (nSPS) is 13.0. The molecule has 1 aliphatic carbocycles. The highest BCUT2D eigenvalue weighted by atomic mass is 35.5. The smallest absolute Gasteiger partial charge is 0.341 e. The molecule has 0 saturated carbocycles. The van der Waals surface area contributed by atoms with Gasteiger partial charge in [-0.3, -0.25) is 0 Å². The van der Waals surface area contributed by atoms with E-state index in [9.17, 15) is 4.79 Å². The van der Waals surface area contributed by atoms with E-state index in [1.54, 1.807) is 11.3 Å². The fraction of sp³-hybridized carbons (Fsp3) is 0.333. The minimum atomic E-state index is -0.309. The molecule has 1 aromatic carbocycles. The Bertz CT molecular complexity index is 804. The quantitative estimate of drug-likeness (QED) is 0.588. The molecule has 0 spiro atoms.